The van der Waals surface area contributed by atoms with Crippen molar-refractivity contribution in [2.45, 2.75) is 37.8 Å². The van der Waals surface area contributed by atoms with Gasteiger partial charge in [-0.05, 0) is 37.1 Å². The molecule has 1 fully saturated rings. The number of hydrogen-bond donors (Lipinski definition) is 1. The fourth-order valence-corrected chi connectivity index (χ4v) is 3.20. The molecule has 1 saturated carbocycles. The summed E-state index contributed by atoms with van der Waals surface area (Å²) in [5, 5.41) is 2.98. The lowest BCUT2D eigenvalue weighted by atomic mass is 10.1. The number of carbonyl (C=O) groups excluding carboxylic acids is 2. The Hall–Kier alpha value is -2.96. The van der Waals surface area contributed by atoms with Gasteiger partial charge < -0.3 is 23.9 Å². The number of benzene rings is 1. The van der Waals surface area contributed by atoms with Crippen LogP contribution in [0.15, 0.2) is 41.0 Å². The van der Waals surface area contributed by atoms with Gasteiger partial charge in [0.2, 0.25) is 11.9 Å². The molecule has 1 heterocycles. The summed E-state index contributed by atoms with van der Waals surface area (Å²) in [4.78, 5) is 25.2. The van der Waals surface area contributed by atoms with Crippen LogP contribution in [0.4, 0.5) is 0 Å². The first kappa shape index (κ1) is 18.8. The van der Waals surface area contributed by atoms with Gasteiger partial charge >= 0.3 is 5.97 Å². The zero-order chi connectivity index (χ0) is 19.2. The number of nitrogens with one attached hydrogen (secondary N) is 1. The van der Waals surface area contributed by atoms with Crippen LogP contribution in [0.25, 0.3) is 0 Å². The maximum absolute atomic E-state index is 12.9. The number of hydrogen-bond acceptors (Lipinski definition) is 6. The Labute approximate surface area is 157 Å². The summed E-state index contributed by atoms with van der Waals surface area (Å²) < 4.78 is 21.1. The van der Waals surface area contributed by atoms with Crippen LogP contribution in [0, 0.1) is 0 Å². The summed E-state index contributed by atoms with van der Waals surface area (Å²) in [6, 6.07) is 8.15. The first-order chi connectivity index (χ1) is 13.1. The van der Waals surface area contributed by atoms with Gasteiger partial charge in [-0.3, -0.25) is 4.79 Å². The first-order valence-corrected chi connectivity index (χ1v) is 8.89. The monoisotopic (exact) mass is 373 g/mol. The summed E-state index contributed by atoms with van der Waals surface area (Å²) in [5.41, 5.74) is 0.489. The molecule has 1 N–H and O–H groups in total. The molecular weight excluding hydrogens is 350 g/mol. The zero-order valence-electron chi connectivity index (χ0n) is 15.4. The van der Waals surface area contributed by atoms with Crippen molar-refractivity contribution in [2.75, 3.05) is 14.2 Å². The normalized spacial score (nSPS) is 15.2. The number of furan rings is 1. The van der Waals surface area contributed by atoms with E-state index in [1.165, 1.54) is 26.5 Å². The van der Waals surface area contributed by atoms with E-state index in [4.69, 9.17) is 18.6 Å². The second-order valence-electron chi connectivity index (χ2n) is 6.37. The second-order valence-corrected chi connectivity index (χ2v) is 6.37. The molecule has 0 bridgehead atoms. The van der Waals surface area contributed by atoms with E-state index in [0.29, 0.717) is 17.1 Å². The smallest absolute Gasteiger partial charge is 0.375 e. The van der Waals surface area contributed by atoms with Crippen molar-refractivity contribution in [1.29, 1.82) is 0 Å². The average molecular weight is 373 g/mol. The Balaban J connectivity index is 1.86. The minimum Gasteiger partial charge on any atom is -0.493 e. The molecule has 1 atom stereocenters. The highest BCUT2D eigenvalue weighted by molar-refractivity contribution is 5.90. The molecule has 7 nitrogen and oxygen atoms in total. The molecule has 0 saturated heterocycles. The first-order valence-electron chi connectivity index (χ1n) is 8.89. The Kier molecular flexibility index (Phi) is 6.01. The maximum atomic E-state index is 12.9. The molecule has 0 spiro atoms. The number of ether oxygens (including phenoxy) is 3. The molecule has 27 heavy (non-hydrogen) atoms. The van der Waals surface area contributed by atoms with Crippen molar-refractivity contribution >= 4 is 11.9 Å². The molecule has 7 heteroatoms. The van der Waals surface area contributed by atoms with Crippen LogP contribution in [0.1, 0.15) is 47.9 Å². The Morgan fingerprint density at radius 3 is 2.48 bits per heavy atom. The maximum Gasteiger partial charge on any atom is 0.375 e. The van der Waals surface area contributed by atoms with Gasteiger partial charge in [0.15, 0.2) is 11.5 Å². The van der Waals surface area contributed by atoms with E-state index in [1.54, 1.807) is 24.3 Å². The highest BCUT2D eigenvalue weighted by atomic mass is 16.6. The van der Waals surface area contributed by atoms with Crippen molar-refractivity contribution in [3.8, 4) is 11.5 Å². The van der Waals surface area contributed by atoms with Crippen LogP contribution in [0.3, 0.4) is 0 Å². The molecule has 144 valence electrons. The zero-order valence-corrected chi connectivity index (χ0v) is 15.4. The quantitative estimate of drug-likeness (QED) is 0.750. The Morgan fingerprint density at radius 2 is 1.85 bits per heavy atom. The van der Waals surface area contributed by atoms with Gasteiger partial charge in [-0.1, -0.05) is 18.9 Å². The highest BCUT2D eigenvalue weighted by Gasteiger charge is 2.30. The Morgan fingerprint density at radius 1 is 1.11 bits per heavy atom. The summed E-state index contributed by atoms with van der Waals surface area (Å²) in [7, 11) is 3.03. The Bertz CT molecular complexity index is 780. The number of amides is 1. The van der Waals surface area contributed by atoms with Crippen molar-refractivity contribution < 1.29 is 28.2 Å². The molecule has 1 aromatic carbocycles. The third-order valence-corrected chi connectivity index (χ3v) is 4.60. The third-order valence-electron chi connectivity index (χ3n) is 4.60. The fourth-order valence-electron chi connectivity index (χ4n) is 3.20. The van der Waals surface area contributed by atoms with E-state index in [2.05, 4.69) is 5.32 Å². The molecule has 0 unspecified atom stereocenters. The molecule has 1 amide bonds. The second kappa shape index (κ2) is 8.62. The van der Waals surface area contributed by atoms with Crippen LogP contribution >= 0.6 is 0 Å². The molecule has 3 rings (SSSR count). The summed E-state index contributed by atoms with van der Waals surface area (Å²) >= 11 is 0. The average Bonchev–Trinajstić information content (AvgIpc) is 3.39. The molecular formula is C20H23NO6. The number of esters is 1. The number of rotatable bonds is 7. The SMILES string of the molecule is COc1ccc([C@@H](OC(=O)c2ccco2)C(=O)NC2CCCC2)cc1OC. The van der Waals surface area contributed by atoms with Crippen molar-refractivity contribution in [1.82, 2.24) is 5.32 Å². The minimum absolute atomic E-state index is 0.0362. The molecule has 2 aromatic rings. The van der Waals surface area contributed by atoms with Gasteiger partial charge in [0.25, 0.3) is 5.91 Å². The summed E-state index contributed by atoms with van der Waals surface area (Å²) in [6.07, 6.45) is 4.27. The minimum atomic E-state index is -1.12. The van der Waals surface area contributed by atoms with Crippen molar-refractivity contribution in [2.24, 2.45) is 0 Å². The number of methoxy groups -OCH3 is 2. The van der Waals surface area contributed by atoms with E-state index in [1.807, 2.05) is 0 Å². The van der Waals surface area contributed by atoms with Gasteiger partial charge in [-0.25, -0.2) is 4.79 Å². The summed E-state index contributed by atoms with van der Waals surface area (Å²) in [5.74, 6) is -0.0687. The predicted octanol–water partition coefficient (Wildman–Crippen LogP) is 3.25. The van der Waals surface area contributed by atoms with E-state index in [0.717, 1.165) is 25.7 Å². The molecule has 1 aromatic heterocycles. The van der Waals surface area contributed by atoms with Crippen LogP contribution in [0.5, 0.6) is 11.5 Å². The summed E-state index contributed by atoms with van der Waals surface area (Å²) in [6.45, 7) is 0. The van der Waals surface area contributed by atoms with Gasteiger partial charge in [0.05, 0.1) is 20.5 Å². The van der Waals surface area contributed by atoms with Gasteiger partial charge in [0.1, 0.15) is 0 Å². The van der Waals surface area contributed by atoms with Gasteiger partial charge in [-0.2, -0.15) is 0 Å². The topological polar surface area (TPSA) is 87.0 Å². The third kappa shape index (κ3) is 4.42. The molecule has 0 aliphatic heterocycles. The van der Waals surface area contributed by atoms with Gasteiger partial charge in [0, 0.05) is 11.6 Å². The van der Waals surface area contributed by atoms with Crippen molar-refractivity contribution in [3.05, 3.63) is 47.9 Å². The van der Waals surface area contributed by atoms with E-state index in [-0.39, 0.29) is 17.7 Å². The molecule has 1 aliphatic rings. The lowest BCUT2D eigenvalue weighted by Crippen LogP contribution is -2.38. The van der Waals surface area contributed by atoms with Crippen LogP contribution in [0.2, 0.25) is 0 Å². The number of carbonyl (C=O) groups is 2. The fraction of sp³-hybridized carbons (Fsp3) is 0.400. The van der Waals surface area contributed by atoms with E-state index < -0.39 is 12.1 Å². The van der Waals surface area contributed by atoms with Crippen molar-refractivity contribution in [3.63, 3.8) is 0 Å². The van der Waals surface area contributed by atoms with E-state index in [9.17, 15) is 9.59 Å². The molecule has 1 aliphatic carbocycles. The predicted molar refractivity (Wildman–Crippen MR) is 96.8 cm³/mol. The molecule has 0 radical (unpaired) electrons. The standard InChI is InChI=1S/C20H23NO6/c1-24-15-10-9-13(12-17(15)25-2)18(19(22)21-14-6-3-4-7-14)27-20(23)16-8-5-11-26-16/h5,8-12,14,18H,3-4,6-7H2,1-2H3,(H,21,22)/t18-/m1/s1. The lowest BCUT2D eigenvalue weighted by molar-refractivity contribution is -0.131. The van der Waals surface area contributed by atoms with E-state index >= 15 is 0 Å². The lowest BCUT2D eigenvalue weighted by Gasteiger charge is -2.21. The largest absolute Gasteiger partial charge is 0.493 e. The van der Waals surface area contributed by atoms with Crippen LogP contribution in [-0.4, -0.2) is 32.1 Å². The van der Waals surface area contributed by atoms with Crippen LogP contribution < -0.4 is 14.8 Å². The van der Waals surface area contributed by atoms with Crippen LogP contribution in [-0.2, 0) is 9.53 Å². The van der Waals surface area contributed by atoms with Gasteiger partial charge in [-0.15, -0.1) is 0 Å². The highest BCUT2D eigenvalue weighted by Crippen LogP contribution is 2.32.